The molecule has 0 fully saturated rings. The number of benzene rings is 2. The molecule has 1 atom stereocenters. The molecule has 0 saturated carbocycles. The zero-order valence-corrected chi connectivity index (χ0v) is 18.3. The molecule has 1 heterocycles. The molecule has 2 amide bonds. The van der Waals surface area contributed by atoms with E-state index in [9.17, 15) is 18.0 Å². The lowest BCUT2D eigenvalue weighted by molar-refractivity contribution is 0.0664. The fourth-order valence-corrected chi connectivity index (χ4v) is 4.48. The number of carbonyl (C=O) groups is 2. The SMILES string of the molecule is CCc1ccc(C(CNS(=O)(=O)CCN2C(=O)c3ccccc3C2=O)N(C)C)cc1. The number of aryl methyl sites for hydroxylation is 1. The Kier molecular flexibility index (Phi) is 6.70. The van der Waals surface area contributed by atoms with Crippen LogP contribution < -0.4 is 4.72 Å². The number of imide groups is 1. The average Bonchev–Trinajstić information content (AvgIpc) is 2.97. The summed E-state index contributed by atoms with van der Waals surface area (Å²) in [6, 6.07) is 14.5. The molecule has 1 aliphatic rings. The van der Waals surface area contributed by atoms with Crippen molar-refractivity contribution < 1.29 is 18.0 Å². The molecule has 1 aliphatic heterocycles. The van der Waals surface area contributed by atoms with E-state index in [1.54, 1.807) is 24.3 Å². The first-order valence-corrected chi connectivity index (χ1v) is 11.6. The lowest BCUT2D eigenvalue weighted by Crippen LogP contribution is -2.40. The molecule has 8 heteroatoms. The average molecular weight is 430 g/mol. The van der Waals surface area contributed by atoms with Crippen LogP contribution in [-0.2, 0) is 16.4 Å². The molecule has 160 valence electrons. The van der Waals surface area contributed by atoms with Gasteiger partial charge < -0.3 is 4.90 Å². The Labute approximate surface area is 177 Å². The summed E-state index contributed by atoms with van der Waals surface area (Å²) in [7, 11) is 0.113. The second-order valence-electron chi connectivity index (χ2n) is 7.55. The lowest BCUT2D eigenvalue weighted by Gasteiger charge is -2.25. The number of nitrogens with zero attached hydrogens (tertiary/aromatic N) is 2. The summed E-state index contributed by atoms with van der Waals surface area (Å²) in [4.78, 5) is 27.7. The third-order valence-corrected chi connectivity index (χ3v) is 6.68. The number of sulfonamides is 1. The Balaban J connectivity index is 1.62. The minimum atomic E-state index is -3.68. The summed E-state index contributed by atoms with van der Waals surface area (Å²) < 4.78 is 27.7. The molecule has 3 rings (SSSR count). The molecule has 7 nitrogen and oxygen atoms in total. The van der Waals surface area contributed by atoms with Crippen molar-refractivity contribution in [1.29, 1.82) is 0 Å². The Bertz CT molecular complexity index is 998. The molecule has 0 bridgehead atoms. The van der Waals surface area contributed by atoms with Crippen LogP contribution in [0.4, 0.5) is 0 Å². The molecule has 2 aromatic carbocycles. The maximum atomic E-state index is 12.6. The topological polar surface area (TPSA) is 86.8 Å². The standard InChI is InChI=1S/C22H27N3O4S/c1-4-16-9-11-17(12-10-16)20(24(2)3)15-23-30(28,29)14-13-25-21(26)18-7-5-6-8-19(18)22(25)27/h5-12,20,23H,4,13-15H2,1-3H3. The number of rotatable bonds is 9. The predicted molar refractivity (Wildman–Crippen MR) is 116 cm³/mol. The minimum Gasteiger partial charge on any atom is -0.301 e. The molecule has 0 aliphatic carbocycles. The molecule has 0 saturated heterocycles. The van der Waals surface area contributed by atoms with Gasteiger partial charge in [0.05, 0.1) is 16.9 Å². The van der Waals surface area contributed by atoms with E-state index in [4.69, 9.17) is 0 Å². The van der Waals surface area contributed by atoms with Crippen molar-refractivity contribution in [2.75, 3.05) is 32.9 Å². The van der Waals surface area contributed by atoms with Gasteiger partial charge in [0.15, 0.2) is 0 Å². The third kappa shape index (κ3) is 4.77. The number of hydrogen-bond acceptors (Lipinski definition) is 5. The largest absolute Gasteiger partial charge is 0.301 e. The van der Waals surface area contributed by atoms with Gasteiger partial charge in [0.25, 0.3) is 11.8 Å². The molecular formula is C22H27N3O4S. The van der Waals surface area contributed by atoms with Gasteiger partial charge in [-0.3, -0.25) is 14.5 Å². The normalized spacial score (nSPS) is 15.0. The second kappa shape index (κ2) is 9.07. The minimum absolute atomic E-state index is 0.134. The number of amides is 2. The summed E-state index contributed by atoms with van der Waals surface area (Å²) in [5.74, 6) is -1.24. The van der Waals surface area contributed by atoms with Crippen LogP contribution in [0, 0.1) is 0 Å². The highest BCUT2D eigenvalue weighted by atomic mass is 32.2. The maximum Gasteiger partial charge on any atom is 0.261 e. The highest BCUT2D eigenvalue weighted by Crippen LogP contribution is 2.22. The van der Waals surface area contributed by atoms with Gasteiger partial charge in [-0.25, -0.2) is 13.1 Å². The van der Waals surface area contributed by atoms with Crippen LogP contribution in [-0.4, -0.2) is 63.0 Å². The van der Waals surface area contributed by atoms with Gasteiger partial charge in [0.2, 0.25) is 10.0 Å². The first kappa shape index (κ1) is 22.1. The fraction of sp³-hybridized carbons (Fsp3) is 0.364. The summed E-state index contributed by atoms with van der Waals surface area (Å²) in [5.41, 5.74) is 2.87. The zero-order valence-electron chi connectivity index (χ0n) is 17.5. The first-order chi connectivity index (χ1) is 14.2. The van der Waals surface area contributed by atoms with Crippen molar-refractivity contribution >= 4 is 21.8 Å². The van der Waals surface area contributed by atoms with Gasteiger partial charge in [-0.1, -0.05) is 43.3 Å². The molecule has 0 radical (unpaired) electrons. The molecule has 0 spiro atoms. The van der Waals surface area contributed by atoms with Crippen molar-refractivity contribution in [1.82, 2.24) is 14.5 Å². The van der Waals surface area contributed by atoms with Gasteiger partial charge in [-0.15, -0.1) is 0 Å². The summed E-state index contributed by atoms with van der Waals surface area (Å²) >= 11 is 0. The summed E-state index contributed by atoms with van der Waals surface area (Å²) in [6.45, 7) is 2.10. The Morgan fingerprint density at radius 3 is 2.03 bits per heavy atom. The molecule has 1 unspecified atom stereocenters. The van der Waals surface area contributed by atoms with E-state index >= 15 is 0 Å². The van der Waals surface area contributed by atoms with Crippen LogP contribution >= 0.6 is 0 Å². The summed E-state index contributed by atoms with van der Waals surface area (Å²) in [6.07, 6.45) is 0.942. The van der Waals surface area contributed by atoms with Gasteiger partial charge in [-0.2, -0.15) is 0 Å². The number of nitrogens with one attached hydrogen (secondary N) is 1. The van der Waals surface area contributed by atoms with Crippen LogP contribution in [0.15, 0.2) is 48.5 Å². The van der Waals surface area contributed by atoms with E-state index in [1.165, 1.54) is 5.56 Å². The van der Waals surface area contributed by atoms with Crippen LogP contribution in [0.1, 0.15) is 44.8 Å². The molecular weight excluding hydrogens is 402 g/mol. The fourth-order valence-electron chi connectivity index (χ4n) is 3.51. The Morgan fingerprint density at radius 2 is 1.53 bits per heavy atom. The quantitative estimate of drug-likeness (QED) is 0.617. The van der Waals surface area contributed by atoms with Crippen molar-refractivity contribution in [3.05, 3.63) is 70.8 Å². The van der Waals surface area contributed by atoms with Crippen molar-refractivity contribution in [3.63, 3.8) is 0 Å². The van der Waals surface area contributed by atoms with E-state index in [2.05, 4.69) is 11.6 Å². The lowest BCUT2D eigenvalue weighted by atomic mass is 10.0. The van der Waals surface area contributed by atoms with Crippen LogP contribution in [0.2, 0.25) is 0 Å². The predicted octanol–water partition coefficient (Wildman–Crippen LogP) is 2.07. The molecule has 2 aromatic rings. The van der Waals surface area contributed by atoms with Crippen molar-refractivity contribution in [2.24, 2.45) is 0 Å². The maximum absolute atomic E-state index is 12.6. The van der Waals surface area contributed by atoms with E-state index in [-0.39, 0.29) is 24.9 Å². The van der Waals surface area contributed by atoms with Crippen LogP contribution in [0.3, 0.4) is 0 Å². The number of fused-ring (bicyclic) bond motifs is 1. The van der Waals surface area contributed by atoms with E-state index in [0.717, 1.165) is 16.9 Å². The zero-order chi connectivity index (χ0) is 21.9. The molecule has 1 N–H and O–H groups in total. The first-order valence-electron chi connectivity index (χ1n) is 9.91. The van der Waals surface area contributed by atoms with Crippen molar-refractivity contribution in [3.8, 4) is 0 Å². The monoisotopic (exact) mass is 429 g/mol. The van der Waals surface area contributed by atoms with E-state index < -0.39 is 21.8 Å². The van der Waals surface area contributed by atoms with Gasteiger partial charge in [0.1, 0.15) is 0 Å². The van der Waals surface area contributed by atoms with Gasteiger partial charge >= 0.3 is 0 Å². The third-order valence-electron chi connectivity index (χ3n) is 5.35. The van der Waals surface area contributed by atoms with Crippen LogP contribution in [0.25, 0.3) is 0 Å². The smallest absolute Gasteiger partial charge is 0.261 e. The second-order valence-corrected chi connectivity index (χ2v) is 9.48. The van der Waals surface area contributed by atoms with Crippen LogP contribution in [0.5, 0.6) is 0 Å². The number of hydrogen-bond donors (Lipinski definition) is 1. The van der Waals surface area contributed by atoms with Crippen molar-refractivity contribution in [2.45, 2.75) is 19.4 Å². The van der Waals surface area contributed by atoms with E-state index in [0.29, 0.717) is 11.1 Å². The Hall–Kier alpha value is -2.55. The summed E-state index contributed by atoms with van der Waals surface area (Å²) in [5, 5.41) is 0. The molecule has 0 aromatic heterocycles. The van der Waals surface area contributed by atoms with E-state index in [1.807, 2.05) is 43.3 Å². The van der Waals surface area contributed by atoms with Gasteiger partial charge in [-0.05, 0) is 43.8 Å². The molecule has 30 heavy (non-hydrogen) atoms. The number of carbonyl (C=O) groups excluding carboxylic acids is 2. The highest BCUT2D eigenvalue weighted by molar-refractivity contribution is 7.89. The number of likely N-dealkylation sites (N-methyl/N-ethyl adjacent to an activating group) is 1. The Morgan fingerprint density at radius 1 is 0.967 bits per heavy atom. The van der Waals surface area contributed by atoms with Gasteiger partial charge in [0, 0.05) is 19.1 Å². The highest BCUT2D eigenvalue weighted by Gasteiger charge is 2.35.